The van der Waals surface area contributed by atoms with Gasteiger partial charge in [-0.1, -0.05) is 0 Å². The first kappa shape index (κ1) is 17.2. The van der Waals surface area contributed by atoms with Crippen LogP contribution in [0.1, 0.15) is 29.6 Å². The van der Waals surface area contributed by atoms with Crippen molar-refractivity contribution in [1.82, 2.24) is 10.9 Å². The normalized spacial score (nSPS) is 9.81. The van der Waals surface area contributed by atoms with E-state index in [1.54, 1.807) is 18.2 Å². The number of rotatable bonds is 6. The van der Waals surface area contributed by atoms with Crippen molar-refractivity contribution >= 4 is 40.4 Å². The molecule has 0 unspecified atom stereocenters. The van der Waals surface area contributed by atoms with Gasteiger partial charge in [0, 0.05) is 18.4 Å². The molecule has 2 amide bonds. The van der Waals surface area contributed by atoms with Crippen LogP contribution in [0.2, 0.25) is 0 Å². The van der Waals surface area contributed by atoms with Crippen molar-refractivity contribution < 1.29 is 24.2 Å². The first-order valence-corrected chi connectivity index (χ1v) is 7.16. The number of carboxylic acids is 1. The lowest BCUT2D eigenvalue weighted by Gasteiger charge is -2.08. The largest absolute Gasteiger partial charge is 0.496 e. The molecule has 0 bridgehead atoms. The molecule has 0 aliphatic rings. The van der Waals surface area contributed by atoms with E-state index in [9.17, 15) is 14.4 Å². The highest BCUT2D eigenvalue weighted by molar-refractivity contribution is 14.1. The van der Waals surface area contributed by atoms with Gasteiger partial charge in [0.1, 0.15) is 5.75 Å². The minimum Gasteiger partial charge on any atom is -0.496 e. The molecule has 0 aromatic heterocycles. The lowest BCUT2D eigenvalue weighted by Crippen LogP contribution is -2.41. The molecule has 8 heteroatoms. The van der Waals surface area contributed by atoms with E-state index < -0.39 is 17.8 Å². The van der Waals surface area contributed by atoms with Crippen molar-refractivity contribution in [3.05, 3.63) is 27.3 Å². The molecule has 0 spiro atoms. The van der Waals surface area contributed by atoms with Crippen LogP contribution in [0, 0.1) is 3.57 Å². The van der Waals surface area contributed by atoms with Crippen molar-refractivity contribution in [2.24, 2.45) is 0 Å². The topological polar surface area (TPSA) is 105 Å². The Balaban J connectivity index is 2.45. The Morgan fingerprint density at radius 2 is 1.95 bits per heavy atom. The second kappa shape index (κ2) is 8.45. The summed E-state index contributed by atoms with van der Waals surface area (Å²) in [6.07, 6.45) is 0.169. The van der Waals surface area contributed by atoms with Crippen LogP contribution in [0.4, 0.5) is 0 Å². The van der Waals surface area contributed by atoms with Crippen LogP contribution >= 0.6 is 22.6 Å². The van der Waals surface area contributed by atoms with Crippen LogP contribution < -0.4 is 15.6 Å². The van der Waals surface area contributed by atoms with E-state index >= 15 is 0 Å². The number of hydrogen-bond donors (Lipinski definition) is 3. The summed E-state index contributed by atoms with van der Waals surface area (Å²) in [6, 6.07) is 4.86. The van der Waals surface area contributed by atoms with Gasteiger partial charge in [-0.15, -0.1) is 0 Å². The number of carboxylic acid groups (broad SMARTS) is 1. The maximum absolute atomic E-state index is 11.8. The molecule has 0 aliphatic heterocycles. The number of aliphatic carboxylic acids is 1. The minimum atomic E-state index is -0.959. The van der Waals surface area contributed by atoms with Crippen LogP contribution in [-0.2, 0) is 9.59 Å². The molecule has 1 rings (SSSR count). The van der Waals surface area contributed by atoms with Crippen molar-refractivity contribution in [2.45, 2.75) is 19.3 Å². The maximum atomic E-state index is 11.8. The van der Waals surface area contributed by atoms with Crippen LogP contribution in [-0.4, -0.2) is 30.0 Å². The summed E-state index contributed by atoms with van der Waals surface area (Å²) >= 11 is 2.04. The Hall–Kier alpha value is -1.84. The van der Waals surface area contributed by atoms with E-state index in [1.807, 2.05) is 22.6 Å². The van der Waals surface area contributed by atoms with Crippen molar-refractivity contribution in [3.8, 4) is 5.75 Å². The number of carbonyl (C=O) groups is 3. The number of methoxy groups -OCH3 is 1. The minimum absolute atomic E-state index is 0.0345. The number of hydrogen-bond acceptors (Lipinski definition) is 4. The first-order valence-electron chi connectivity index (χ1n) is 6.08. The van der Waals surface area contributed by atoms with Gasteiger partial charge in [-0.25, -0.2) is 0 Å². The van der Waals surface area contributed by atoms with Gasteiger partial charge in [0.15, 0.2) is 0 Å². The van der Waals surface area contributed by atoms with Gasteiger partial charge in [0.2, 0.25) is 5.91 Å². The van der Waals surface area contributed by atoms with Gasteiger partial charge in [0.05, 0.1) is 10.7 Å². The highest BCUT2D eigenvalue weighted by Gasteiger charge is 2.10. The fourth-order valence-electron chi connectivity index (χ4n) is 1.47. The molecule has 0 fully saturated rings. The maximum Gasteiger partial charge on any atom is 0.303 e. The Morgan fingerprint density at radius 3 is 2.52 bits per heavy atom. The molecule has 1 aromatic rings. The van der Waals surface area contributed by atoms with Crippen molar-refractivity contribution in [1.29, 1.82) is 0 Å². The second-order valence-electron chi connectivity index (χ2n) is 4.10. The fraction of sp³-hybridized carbons (Fsp3) is 0.308. The molecule has 7 nitrogen and oxygen atoms in total. The number of amides is 2. The molecule has 0 radical (unpaired) electrons. The third kappa shape index (κ3) is 5.98. The molecule has 3 N–H and O–H groups in total. The van der Waals surface area contributed by atoms with Gasteiger partial charge in [0.25, 0.3) is 5.91 Å². The average molecular weight is 406 g/mol. The van der Waals surface area contributed by atoms with E-state index in [4.69, 9.17) is 9.84 Å². The standard InChI is InChI=1S/C13H15IN2O5/c1-21-10-6-5-8(7-9(10)14)13(20)16-15-11(17)3-2-4-12(18)19/h5-7H,2-4H2,1H3,(H,15,17)(H,16,20)(H,18,19). The number of hydrazine groups is 1. The zero-order chi connectivity index (χ0) is 15.8. The quantitative estimate of drug-likeness (QED) is 0.488. The highest BCUT2D eigenvalue weighted by Crippen LogP contribution is 2.21. The molecular weight excluding hydrogens is 391 g/mol. The van der Waals surface area contributed by atoms with E-state index in [-0.39, 0.29) is 19.3 Å². The third-order valence-corrected chi connectivity index (χ3v) is 3.37. The molecular formula is C13H15IN2O5. The van der Waals surface area contributed by atoms with Crippen LogP contribution in [0.5, 0.6) is 5.75 Å². The summed E-state index contributed by atoms with van der Waals surface area (Å²) in [7, 11) is 1.54. The van der Waals surface area contributed by atoms with Gasteiger partial charge in [-0.3, -0.25) is 25.2 Å². The summed E-state index contributed by atoms with van der Waals surface area (Å²) in [5, 5.41) is 8.45. The lowest BCUT2D eigenvalue weighted by molar-refractivity contribution is -0.137. The molecule has 0 aliphatic carbocycles. The number of benzene rings is 1. The summed E-state index contributed by atoms with van der Waals surface area (Å²) in [6.45, 7) is 0. The van der Waals surface area contributed by atoms with E-state index in [1.165, 1.54) is 7.11 Å². The number of nitrogens with one attached hydrogen (secondary N) is 2. The monoisotopic (exact) mass is 406 g/mol. The van der Waals surface area contributed by atoms with E-state index in [0.717, 1.165) is 3.57 Å². The van der Waals surface area contributed by atoms with Gasteiger partial charge < -0.3 is 9.84 Å². The van der Waals surface area contributed by atoms with Crippen molar-refractivity contribution in [2.75, 3.05) is 7.11 Å². The van der Waals surface area contributed by atoms with Gasteiger partial charge in [-0.05, 0) is 47.2 Å². The van der Waals surface area contributed by atoms with Crippen LogP contribution in [0.25, 0.3) is 0 Å². The smallest absolute Gasteiger partial charge is 0.303 e. The van der Waals surface area contributed by atoms with Crippen molar-refractivity contribution in [3.63, 3.8) is 0 Å². The Kier molecular flexibility index (Phi) is 6.92. The van der Waals surface area contributed by atoms with E-state index in [2.05, 4.69) is 10.9 Å². The number of halogens is 1. The molecule has 0 heterocycles. The fourth-order valence-corrected chi connectivity index (χ4v) is 2.20. The zero-order valence-corrected chi connectivity index (χ0v) is 13.5. The number of ether oxygens (including phenoxy) is 1. The SMILES string of the molecule is COc1ccc(C(=O)NNC(=O)CCCC(=O)O)cc1I. The molecule has 1 aromatic carbocycles. The van der Waals surface area contributed by atoms with Gasteiger partial charge >= 0.3 is 5.97 Å². The average Bonchev–Trinajstić information content (AvgIpc) is 2.44. The molecule has 114 valence electrons. The Labute approximate surface area is 135 Å². The van der Waals surface area contributed by atoms with Crippen LogP contribution in [0.15, 0.2) is 18.2 Å². The summed E-state index contributed by atoms with van der Waals surface area (Å²) < 4.78 is 5.86. The number of carbonyl (C=O) groups excluding carboxylic acids is 2. The van der Waals surface area contributed by atoms with Crippen LogP contribution in [0.3, 0.4) is 0 Å². The Morgan fingerprint density at radius 1 is 1.24 bits per heavy atom. The predicted molar refractivity (Wildman–Crippen MR) is 82.8 cm³/mol. The van der Waals surface area contributed by atoms with Gasteiger partial charge in [-0.2, -0.15) is 0 Å². The predicted octanol–water partition coefficient (Wildman–Crippen LogP) is 1.32. The zero-order valence-electron chi connectivity index (χ0n) is 11.3. The molecule has 0 atom stereocenters. The van der Waals surface area contributed by atoms with E-state index in [0.29, 0.717) is 11.3 Å². The lowest BCUT2D eigenvalue weighted by atomic mass is 10.2. The highest BCUT2D eigenvalue weighted by atomic mass is 127. The summed E-state index contributed by atoms with van der Waals surface area (Å²) in [5.41, 5.74) is 4.89. The summed E-state index contributed by atoms with van der Waals surface area (Å²) in [5.74, 6) is -1.19. The summed E-state index contributed by atoms with van der Waals surface area (Å²) in [4.78, 5) is 33.5. The second-order valence-corrected chi connectivity index (χ2v) is 5.26. The molecule has 21 heavy (non-hydrogen) atoms. The third-order valence-electron chi connectivity index (χ3n) is 2.52. The molecule has 0 saturated heterocycles. The first-order chi connectivity index (χ1) is 9.93. The molecule has 0 saturated carbocycles. The Bertz CT molecular complexity index is 547.